The first kappa shape index (κ1) is 15.5. The predicted octanol–water partition coefficient (Wildman–Crippen LogP) is 4.14. The van der Waals surface area contributed by atoms with Crippen LogP contribution in [0, 0.1) is 5.92 Å². The number of benzene rings is 1. The number of rotatable bonds is 8. The largest absolute Gasteiger partial charge is 0.493 e. The fourth-order valence-corrected chi connectivity index (χ4v) is 1.81. The third kappa shape index (κ3) is 4.93. The van der Waals surface area contributed by atoms with Crippen molar-refractivity contribution in [3.63, 3.8) is 0 Å². The van der Waals surface area contributed by atoms with Gasteiger partial charge in [0.15, 0.2) is 11.5 Å². The minimum atomic E-state index is -2.86. The lowest BCUT2D eigenvalue weighted by Crippen LogP contribution is -2.13. The molecule has 0 atom stereocenters. The standard InChI is InChI=1S/C14H21F2NO2/c1-4-10(5-2)9-17-11-6-7-12(18-3)13(8-11)19-14(15)16/h6-8,10,14,17H,4-5,9H2,1-3H3. The van der Waals surface area contributed by atoms with E-state index in [9.17, 15) is 8.78 Å². The van der Waals surface area contributed by atoms with Gasteiger partial charge in [-0.25, -0.2) is 0 Å². The molecular formula is C14H21F2NO2. The van der Waals surface area contributed by atoms with E-state index in [-0.39, 0.29) is 5.75 Å². The lowest BCUT2D eigenvalue weighted by molar-refractivity contribution is -0.0511. The molecule has 0 unspecified atom stereocenters. The normalized spacial score (nSPS) is 10.9. The lowest BCUT2D eigenvalue weighted by atomic mass is 10.0. The van der Waals surface area contributed by atoms with E-state index < -0.39 is 6.61 Å². The van der Waals surface area contributed by atoms with Crippen molar-refractivity contribution in [2.75, 3.05) is 19.0 Å². The Labute approximate surface area is 112 Å². The molecule has 0 radical (unpaired) electrons. The molecule has 108 valence electrons. The molecule has 0 heterocycles. The van der Waals surface area contributed by atoms with Crippen LogP contribution in [0.5, 0.6) is 11.5 Å². The second-order valence-electron chi connectivity index (χ2n) is 4.31. The molecule has 5 heteroatoms. The molecule has 0 aliphatic rings. The number of anilines is 1. The molecule has 0 spiro atoms. The van der Waals surface area contributed by atoms with Gasteiger partial charge in [0.05, 0.1) is 7.11 Å². The van der Waals surface area contributed by atoms with E-state index >= 15 is 0 Å². The van der Waals surface area contributed by atoms with E-state index in [4.69, 9.17) is 4.74 Å². The Morgan fingerprint density at radius 1 is 1.16 bits per heavy atom. The Bertz CT molecular complexity index is 382. The van der Waals surface area contributed by atoms with E-state index in [2.05, 4.69) is 23.9 Å². The van der Waals surface area contributed by atoms with Crippen LogP contribution in [-0.2, 0) is 0 Å². The third-order valence-electron chi connectivity index (χ3n) is 3.13. The van der Waals surface area contributed by atoms with E-state index in [1.54, 1.807) is 12.1 Å². The lowest BCUT2D eigenvalue weighted by Gasteiger charge is -2.16. The first-order chi connectivity index (χ1) is 9.10. The van der Waals surface area contributed by atoms with E-state index in [0.29, 0.717) is 11.7 Å². The predicted molar refractivity (Wildman–Crippen MR) is 72.2 cm³/mol. The minimum Gasteiger partial charge on any atom is -0.493 e. The zero-order chi connectivity index (χ0) is 14.3. The van der Waals surface area contributed by atoms with Crippen LogP contribution in [-0.4, -0.2) is 20.3 Å². The van der Waals surface area contributed by atoms with Gasteiger partial charge in [0.25, 0.3) is 0 Å². The molecule has 3 nitrogen and oxygen atoms in total. The number of hydrogen-bond donors (Lipinski definition) is 1. The number of nitrogens with one attached hydrogen (secondary N) is 1. The van der Waals surface area contributed by atoms with Crippen LogP contribution in [0.25, 0.3) is 0 Å². The number of hydrogen-bond acceptors (Lipinski definition) is 3. The van der Waals surface area contributed by atoms with Gasteiger partial charge in [0.2, 0.25) is 0 Å². The topological polar surface area (TPSA) is 30.5 Å². The highest BCUT2D eigenvalue weighted by atomic mass is 19.3. The van der Waals surface area contributed by atoms with Gasteiger partial charge in [-0.15, -0.1) is 0 Å². The van der Waals surface area contributed by atoms with Crippen molar-refractivity contribution in [2.24, 2.45) is 5.92 Å². The summed E-state index contributed by atoms with van der Waals surface area (Å²) in [6.45, 7) is 2.22. The van der Waals surface area contributed by atoms with Gasteiger partial charge in [0.1, 0.15) is 0 Å². The van der Waals surface area contributed by atoms with Gasteiger partial charge in [-0.2, -0.15) is 8.78 Å². The highest BCUT2D eigenvalue weighted by molar-refractivity contribution is 5.54. The summed E-state index contributed by atoms with van der Waals surface area (Å²) in [5.74, 6) is 0.919. The highest BCUT2D eigenvalue weighted by Gasteiger charge is 2.11. The Morgan fingerprint density at radius 2 is 1.84 bits per heavy atom. The van der Waals surface area contributed by atoms with E-state index in [0.717, 1.165) is 25.1 Å². The van der Waals surface area contributed by atoms with Crippen molar-refractivity contribution in [1.82, 2.24) is 0 Å². The van der Waals surface area contributed by atoms with Gasteiger partial charge in [-0.05, 0) is 18.1 Å². The molecule has 19 heavy (non-hydrogen) atoms. The zero-order valence-electron chi connectivity index (χ0n) is 11.6. The summed E-state index contributed by atoms with van der Waals surface area (Å²) in [4.78, 5) is 0. The second-order valence-corrected chi connectivity index (χ2v) is 4.31. The van der Waals surface area contributed by atoms with Crippen molar-refractivity contribution in [1.29, 1.82) is 0 Å². The van der Waals surface area contributed by atoms with Gasteiger partial charge in [-0.1, -0.05) is 26.7 Å². The SMILES string of the molecule is CCC(CC)CNc1ccc(OC)c(OC(F)F)c1. The van der Waals surface area contributed by atoms with Gasteiger partial charge >= 0.3 is 6.61 Å². The van der Waals surface area contributed by atoms with Crippen LogP contribution in [0.15, 0.2) is 18.2 Å². The molecule has 1 aromatic carbocycles. The van der Waals surface area contributed by atoms with Gasteiger partial charge in [0, 0.05) is 18.3 Å². The highest BCUT2D eigenvalue weighted by Crippen LogP contribution is 2.31. The smallest absolute Gasteiger partial charge is 0.387 e. The number of alkyl halides is 2. The summed E-state index contributed by atoms with van der Waals surface area (Å²) >= 11 is 0. The number of ether oxygens (including phenoxy) is 2. The quantitative estimate of drug-likeness (QED) is 0.772. The molecule has 0 aromatic heterocycles. The fraction of sp³-hybridized carbons (Fsp3) is 0.571. The first-order valence-electron chi connectivity index (χ1n) is 6.47. The summed E-state index contributed by atoms with van der Waals surface area (Å²) < 4.78 is 34.0. The zero-order valence-corrected chi connectivity index (χ0v) is 11.6. The van der Waals surface area contributed by atoms with Gasteiger partial charge < -0.3 is 14.8 Å². The molecule has 0 bridgehead atoms. The van der Waals surface area contributed by atoms with E-state index in [1.165, 1.54) is 13.2 Å². The van der Waals surface area contributed by atoms with Crippen LogP contribution in [0.3, 0.4) is 0 Å². The number of methoxy groups -OCH3 is 1. The molecule has 0 saturated carbocycles. The molecule has 0 saturated heterocycles. The van der Waals surface area contributed by atoms with Crippen LogP contribution >= 0.6 is 0 Å². The summed E-state index contributed by atoms with van der Waals surface area (Å²) in [6, 6.07) is 4.94. The van der Waals surface area contributed by atoms with Crippen LogP contribution in [0.1, 0.15) is 26.7 Å². The molecule has 0 amide bonds. The molecule has 0 aliphatic carbocycles. The molecule has 0 fully saturated rings. The molecule has 1 aromatic rings. The van der Waals surface area contributed by atoms with E-state index in [1.807, 2.05) is 0 Å². The minimum absolute atomic E-state index is 0.0482. The summed E-state index contributed by atoms with van der Waals surface area (Å²) in [6.07, 6.45) is 2.17. The van der Waals surface area contributed by atoms with Crippen molar-refractivity contribution in [3.05, 3.63) is 18.2 Å². The average Bonchev–Trinajstić information content (AvgIpc) is 2.39. The van der Waals surface area contributed by atoms with Crippen molar-refractivity contribution >= 4 is 5.69 Å². The Morgan fingerprint density at radius 3 is 2.37 bits per heavy atom. The molecule has 0 aliphatic heterocycles. The monoisotopic (exact) mass is 273 g/mol. The third-order valence-corrected chi connectivity index (χ3v) is 3.13. The summed E-state index contributed by atoms with van der Waals surface area (Å²) in [7, 11) is 1.42. The van der Waals surface area contributed by atoms with Crippen LogP contribution < -0.4 is 14.8 Å². The maximum absolute atomic E-state index is 12.3. The summed E-state index contributed by atoms with van der Waals surface area (Å²) in [5, 5.41) is 3.23. The van der Waals surface area contributed by atoms with Crippen molar-refractivity contribution < 1.29 is 18.3 Å². The van der Waals surface area contributed by atoms with Crippen molar-refractivity contribution in [2.45, 2.75) is 33.3 Å². The molecule has 1 N–H and O–H groups in total. The number of halogens is 2. The maximum Gasteiger partial charge on any atom is 0.387 e. The molecule has 1 rings (SSSR count). The summed E-state index contributed by atoms with van der Waals surface area (Å²) in [5.41, 5.74) is 0.753. The maximum atomic E-state index is 12.3. The van der Waals surface area contributed by atoms with Crippen LogP contribution in [0.2, 0.25) is 0 Å². The van der Waals surface area contributed by atoms with Crippen LogP contribution in [0.4, 0.5) is 14.5 Å². The first-order valence-corrected chi connectivity index (χ1v) is 6.47. The Hall–Kier alpha value is -1.52. The average molecular weight is 273 g/mol. The van der Waals surface area contributed by atoms with Gasteiger partial charge in [-0.3, -0.25) is 0 Å². The van der Waals surface area contributed by atoms with Crippen molar-refractivity contribution in [3.8, 4) is 11.5 Å². The molecular weight excluding hydrogens is 252 g/mol. The Balaban J connectivity index is 2.74. The fourth-order valence-electron chi connectivity index (χ4n) is 1.81. The Kier molecular flexibility index (Phi) is 6.39. The second kappa shape index (κ2) is 7.81.